The molecule has 1 fully saturated rings. The molecular formula is C23H27N3O4. The predicted molar refractivity (Wildman–Crippen MR) is 112 cm³/mol. The van der Waals surface area contributed by atoms with Crippen LogP contribution in [-0.2, 0) is 0 Å². The second kappa shape index (κ2) is 9.17. The number of piperidine rings is 1. The molecule has 3 aromatic rings. The maximum Gasteiger partial charge on any atom is 0.273 e. The Bertz CT molecular complexity index is 941. The first-order valence-corrected chi connectivity index (χ1v) is 10.3. The number of ether oxygens (including phenoxy) is 1. The Morgan fingerprint density at radius 2 is 2.03 bits per heavy atom. The molecule has 0 unspecified atom stereocenters. The molecule has 7 heteroatoms. The molecule has 0 bridgehead atoms. The lowest BCUT2D eigenvalue weighted by atomic mass is 9.97. The van der Waals surface area contributed by atoms with Crippen LogP contribution >= 0.6 is 0 Å². The van der Waals surface area contributed by atoms with Crippen molar-refractivity contribution in [1.29, 1.82) is 0 Å². The zero-order valence-corrected chi connectivity index (χ0v) is 17.3. The van der Waals surface area contributed by atoms with E-state index in [1.54, 1.807) is 19.4 Å². The summed E-state index contributed by atoms with van der Waals surface area (Å²) in [5.74, 6) is 2.63. The summed E-state index contributed by atoms with van der Waals surface area (Å²) in [5, 5.41) is 6.94. The molecule has 3 heterocycles. The number of nitrogens with zero attached hydrogens (tertiary/aromatic N) is 2. The van der Waals surface area contributed by atoms with Crippen LogP contribution in [0.4, 0.5) is 0 Å². The lowest BCUT2D eigenvalue weighted by Crippen LogP contribution is -2.41. The molecule has 7 nitrogen and oxygen atoms in total. The molecule has 158 valence electrons. The van der Waals surface area contributed by atoms with Gasteiger partial charge in [0.05, 0.1) is 19.4 Å². The van der Waals surface area contributed by atoms with E-state index in [1.807, 2.05) is 36.4 Å². The first kappa shape index (κ1) is 20.2. The Kier molecular flexibility index (Phi) is 6.18. The van der Waals surface area contributed by atoms with Crippen LogP contribution in [0, 0.1) is 5.92 Å². The van der Waals surface area contributed by atoms with Crippen molar-refractivity contribution in [3.05, 3.63) is 60.2 Å². The van der Waals surface area contributed by atoms with Crippen molar-refractivity contribution >= 4 is 5.91 Å². The topological polar surface area (TPSA) is 80.7 Å². The first-order valence-electron chi connectivity index (χ1n) is 10.3. The Morgan fingerprint density at radius 1 is 1.27 bits per heavy atom. The summed E-state index contributed by atoms with van der Waals surface area (Å²) in [6, 6.07) is 12.9. The van der Waals surface area contributed by atoms with Crippen molar-refractivity contribution in [2.75, 3.05) is 26.7 Å². The molecule has 1 atom stereocenters. The van der Waals surface area contributed by atoms with Crippen LogP contribution in [-0.4, -0.2) is 42.7 Å². The van der Waals surface area contributed by atoms with Crippen LogP contribution in [0.3, 0.4) is 0 Å². The zero-order chi connectivity index (χ0) is 20.9. The van der Waals surface area contributed by atoms with E-state index in [9.17, 15) is 4.79 Å². The second-order valence-electron chi connectivity index (χ2n) is 7.76. The van der Waals surface area contributed by atoms with Gasteiger partial charge in [-0.15, -0.1) is 0 Å². The molecule has 0 spiro atoms. The number of furan rings is 1. The number of aromatic nitrogens is 1. The van der Waals surface area contributed by atoms with E-state index >= 15 is 0 Å². The molecule has 4 rings (SSSR count). The number of likely N-dealkylation sites (tertiary alicyclic amines) is 1. The van der Waals surface area contributed by atoms with Gasteiger partial charge in [-0.3, -0.25) is 9.69 Å². The van der Waals surface area contributed by atoms with Gasteiger partial charge in [-0.2, -0.15) is 0 Å². The highest BCUT2D eigenvalue weighted by atomic mass is 16.5. The molecule has 30 heavy (non-hydrogen) atoms. The lowest BCUT2D eigenvalue weighted by Gasteiger charge is -2.35. The number of carbonyl (C=O) groups excluding carboxylic acids is 1. The quantitative estimate of drug-likeness (QED) is 0.632. The average Bonchev–Trinajstić information content (AvgIpc) is 3.48. The maximum absolute atomic E-state index is 12.7. The van der Waals surface area contributed by atoms with Gasteiger partial charge < -0.3 is 19.0 Å². The monoisotopic (exact) mass is 409 g/mol. The van der Waals surface area contributed by atoms with Crippen molar-refractivity contribution in [2.24, 2.45) is 5.92 Å². The van der Waals surface area contributed by atoms with E-state index in [1.165, 1.54) is 0 Å². The number of nitrogens with one attached hydrogen (secondary N) is 1. The van der Waals surface area contributed by atoms with Gasteiger partial charge in [0.25, 0.3) is 5.91 Å². The average molecular weight is 409 g/mol. The van der Waals surface area contributed by atoms with Crippen molar-refractivity contribution in [3.63, 3.8) is 0 Å². The summed E-state index contributed by atoms with van der Waals surface area (Å²) < 4.78 is 16.2. The SMILES string of the molecule is COc1ccc(-c2cc(C(=O)NC[C@@H](c3ccco3)N3CCC(C)CC3)no2)cc1. The van der Waals surface area contributed by atoms with E-state index < -0.39 is 0 Å². The molecule has 1 aliphatic heterocycles. The van der Waals surface area contributed by atoms with Crippen LogP contribution in [0.2, 0.25) is 0 Å². The molecule has 1 aromatic carbocycles. The van der Waals surface area contributed by atoms with E-state index in [4.69, 9.17) is 13.7 Å². The summed E-state index contributed by atoms with van der Waals surface area (Å²) >= 11 is 0. The van der Waals surface area contributed by atoms with Crippen LogP contribution in [0.1, 0.15) is 42.1 Å². The van der Waals surface area contributed by atoms with Crippen molar-refractivity contribution in [3.8, 4) is 17.1 Å². The van der Waals surface area contributed by atoms with E-state index in [0.717, 1.165) is 48.9 Å². The minimum absolute atomic E-state index is 0.00408. The van der Waals surface area contributed by atoms with E-state index in [0.29, 0.717) is 12.3 Å². The molecule has 1 N–H and O–H groups in total. The highest BCUT2D eigenvalue weighted by molar-refractivity contribution is 5.93. The van der Waals surface area contributed by atoms with Gasteiger partial charge in [-0.05, 0) is 68.2 Å². The highest BCUT2D eigenvalue weighted by Gasteiger charge is 2.27. The third-order valence-electron chi connectivity index (χ3n) is 5.70. The third kappa shape index (κ3) is 4.57. The van der Waals surface area contributed by atoms with Crippen LogP contribution in [0.5, 0.6) is 5.75 Å². The second-order valence-corrected chi connectivity index (χ2v) is 7.76. The van der Waals surface area contributed by atoms with Crippen LogP contribution in [0.25, 0.3) is 11.3 Å². The Hall–Kier alpha value is -3.06. The van der Waals surface area contributed by atoms with E-state index in [-0.39, 0.29) is 17.6 Å². The van der Waals surface area contributed by atoms with Gasteiger partial charge in [0, 0.05) is 18.2 Å². The molecule has 0 saturated carbocycles. The third-order valence-corrected chi connectivity index (χ3v) is 5.70. The smallest absolute Gasteiger partial charge is 0.273 e. The van der Waals surface area contributed by atoms with E-state index in [2.05, 4.69) is 22.3 Å². The fraction of sp³-hybridized carbons (Fsp3) is 0.391. The molecule has 0 radical (unpaired) electrons. The number of benzene rings is 1. The highest BCUT2D eigenvalue weighted by Crippen LogP contribution is 2.27. The van der Waals surface area contributed by atoms with Crippen LogP contribution in [0.15, 0.2) is 57.7 Å². The molecule has 1 amide bonds. The van der Waals surface area contributed by atoms with Crippen molar-refractivity contribution in [2.45, 2.75) is 25.8 Å². The van der Waals surface area contributed by atoms with Crippen molar-refractivity contribution in [1.82, 2.24) is 15.4 Å². The fourth-order valence-corrected chi connectivity index (χ4v) is 3.78. The summed E-state index contributed by atoms with van der Waals surface area (Å²) in [4.78, 5) is 15.1. The van der Waals surface area contributed by atoms with Crippen molar-refractivity contribution < 1.29 is 18.5 Å². The minimum Gasteiger partial charge on any atom is -0.497 e. The number of methoxy groups -OCH3 is 1. The van der Waals surface area contributed by atoms with Gasteiger partial charge in [0.15, 0.2) is 11.5 Å². The molecular weight excluding hydrogens is 382 g/mol. The Balaban J connectivity index is 1.41. The van der Waals surface area contributed by atoms with Crippen LogP contribution < -0.4 is 10.1 Å². The van der Waals surface area contributed by atoms with Gasteiger partial charge in [-0.25, -0.2) is 0 Å². The maximum atomic E-state index is 12.7. The Morgan fingerprint density at radius 3 is 2.70 bits per heavy atom. The predicted octanol–water partition coefficient (Wildman–Crippen LogP) is 4.15. The Labute approximate surface area is 176 Å². The summed E-state index contributed by atoms with van der Waals surface area (Å²) in [6.45, 7) is 4.72. The molecule has 1 saturated heterocycles. The minimum atomic E-state index is -0.263. The van der Waals surface area contributed by atoms with Gasteiger partial charge in [-0.1, -0.05) is 12.1 Å². The van der Waals surface area contributed by atoms with Gasteiger partial charge in [0.1, 0.15) is 11.5 Å². The molecule has 1 aliphatic rings. The normalized spacial score (nSPS) is 16.3. The number of amides is 1. The summed E-state index contributed by atoms with van der Waals surface area (Å²) in [5.41, 5.74) is 1.09. The molecule has 0 aliphatic carbocycles. The number of hydrogen-bond acceptors (Lipinski definition) is 6. The standard InChI is InChI=1S/C23H27N3O4/c1-16-9-11-26(12-10-16)20(21-4-3-13-29-21)15-24-23(27)19-14-22(30-25-19)17-5-7-18(28-2)8-6-17/h3-8,13-14,16,20H,9-12,15H2,1-2H3,(H,24,27)/t20-/m0/s1. The fourth-order valence-electron chi connectivity index (χ4n) is 3.78. The van der Waals surface area contributed by atoms with Gasteiger partial charge in [0.2, 0.25) is 0 Å². The summed E-state index contributed by atoms with van der Waals surface area (Å²) in [6.07, 6.45) is 3.98. The van der Waals surface area contributed by atoms with Gasteiger partial charge >= 0.3 is 0 Å². The first-order chi connectivity index (χ1) is 14.6. The lowest BCUT2D eigenvalue weighted by molar-refractivity contribution is 0.0887. The zero-order valence-electron chi connectivity index (χ0n) is 17.3. The largest absolute Gasteiger partial charge is 0.497 e. The molecule has 2 aromatic heterocycles. The number of carbonyl (C=O) groups is 1. The number of hydrogen-bond donors (Lipinski definition) is 1. The summed E-state index contributed by atoms with van der Waals surface area (Å²) in [7, 11) is 1.62. The number of rotatable bonds is 7.